The number of sulfonamides is 1. The van der Waals surface area contributed by atoms with Gasteiger partial charge in [-0.2, -0.15) is 13.2 Å². The number of anilines is 1. The maximum atomic E-state index is 12.4. The van der Waals surface area contributed by atoms with E-state index >= 15 is 0 Å². The molecule has 4 rings (SSSR count). The van der Waals surface area contributed by atoms with Crippen LogP contribution in [0.15, 0.2) is 12.4 Å². The van der Waals surface area contributed by atoms with Crippen LogP contribution in [0, 0.1) is 17.8 Å². The monoisotopic (exact) mass is 524 g/mol. The van der Waals surface area contributed by atoms with Crippen molar-refractivity contribution in [3.63, 3.8) is 0 Å². The number of hydrogen-bond acceptors (Lipinski definition) is 6. The van der Waals surface area contributed by atoms with Crippen LogP contribution in [0.3, 0.4) is 0 Å². The lowest BCUT2D eigenvalue weighted by Crippen LogP contribution is -2.42. The average molecular weight is 525 g/mol. The zero-order valence-corrected chi connectivity index (χ0v) is 20.7. The second kappa shape index (κ2) is 10.8. The number of rotatable bonds is 9. The van der Waals surface area contributed by atoms with Gasteiger partial charge in [0, 0.05) is 32.8 Å². The predicted molar refractivity (Wildman–Crippen MR) is 123 cm³/mol. The third kappa shape index (κ3) is 7.18. The van der Waals surface area contributed by atoms with Gasteiger partial charge in [-0.25, -0.2) is 22.7 Å². The van der Waals surface area contributed by atoms with Crippen molar-refractivity contribution in [2.75, 3.05) is 43.4 Å². The van der Waals surface area contributed by atoms with Gasteiger partial charge >= 0.3 is 6.18 Å². The standard InChI is InChI=1S/C22H32ClF3N4O3S/c23-18-14-27-21(28-15-18)29-7-1-16(2-8-29)20-13-17(20)5-11-33-19-3-9-30(10-4-19)34(31,32)12-6-22(24,25)26/h14-17,19-20H,1-13H2/t17-,20?/m1/s1. The van der Waals surface area contributed by atoms with E-state index in [9.17, 15) is 21.6 Å². The molecule has 1 unspecified atom stereocenters. The molecule has 0 radical (unpaired) electrons. The van der Waals surface area contributed by atoms with Crippen molar-refractivity contribution in [3.8, 4) is 0 Å². The predicted octanol–water partition coefficient (Wildman–Crippen LogP) is 4.14. The zero-order valence-electron chi connectivity index (χ0n) is 19.1. The Balaban J connectivity index is 1.10. The van der Waals surface area contributed by atoms with Crippen LogP contribution in [0.4, 0.5) is 19.1 Å². The van der Waals surface area contributed by atoms with Gasteiger partial charge in [-0.1, -0.05) is 11.6 Å². The minimum absolute atomic E-state index is 0.0196. The number of halogens is 4. The maximum absolute atomic E-state index is 12.4. The molecule has 0 aromatic carbocycles. The Morgan fingerprint density at radius 2 is 1.71 bits per heavy atom. The summed E-state index contributed by atoms with van der Waals surface area (Å²) < 4.78 is 68.5. The lowest BCUT2D eigenvalue weighted by molar-refractivity contribution is -0.130. The summed E-state index contributed by atoms with van der Waals surface area (Å²) in [6, 6.07) is 0. The minimum atomic E-state index is -4.46. The van der Waals surface area contributed by atoms with Crippen LogP contribution < -0.4 is 4.90 Å². The molecule has 2 atom stereocenters. The van der Waals surface area contributed by atoms with Gasteiger partial charge in [-0.15, -0.1) is 0 Å². The molecule has 0 N–H and O–H groups in total. The van der Waals surface area contributed by atoms with Gasteiger partial charge < -0.3 is 9.64 Å². The molecule has 1 aromatic heterocycles. The summed E-state index contributed by atoms with van der Waals surface area (Å²) >= 11 is 5.87. The average Bonchev–Trinajstić information content (AvgIpc) is 3.58. The first-order chi connectivity index (χ1) is 16.1. The van der Waals surface area contributed by atoms with Gasteiger partial charge in [-0.05, 0) is 56.3 Å². The van der Waals surface area contributed by atoms with Crippen LogP contribution in [0.2, 0.25) is 5.02 Å². The van der Waals surface area contributed by atoms with Crippen molar-refractivity contribution in [1.82, 2.24) is 14.3 Å². The van der Waals surface area contributed by atoms with E-state index in [1.165, 1.54) is 10.7 Å². The van der Waals surface area contributed by atoms with Crippen LogP contribution in [-0.2, 0) is 14.8 Å². The maximum Gasteiger partial charge on any atom is 0.390 e. The molecule has 0 bridgehead atoms. The Morgan fingerprint density at radius 1 is 1.06 bits per heavy atom. The molecule has 192 valence electrons. The van der Waals surface area contributed by atoms with Gasteiger partial charge in [0.25, 0.3) is 0 Å². The highest BCUT2D eigenvalue weighted by atomic mass is 35.5. The summed E-state index contributed by atoms with van der Waals surface area (Å²) in [5.74, 6) is 2.02. The molecule has 7 nitrogen and oxygen atoms in total. The molecule has 1 aromatic rings. The molecule has 1 saturated carbocycles. The van der Waals surface area contributed by atoms with Gasteiger partial charge in [0.05, 0.1) is 35.7 Å². The molecular weight excluding hydrogens is 493 g/mol. The Hall–Kier alpha value is -1.17. The van der Waals surface area contributed by atoms with Crippen molar-refractivity contribution in [3.05, 3.63) is 17.4 Å². The normalized spacial score (nSPS) is 25.6. The largest absolute Gasteiger partial charge is 0.390 e. The van der Waals surface area contributed by atoms with Crippen LogP contribution in [0.25, 0.3) is 0 Å². The molecule has 3 heterocycles. The lowest BCUT2D eigenvalue weighted by Gasteiger charge is -2.32. The van der Waals surface area contributed by atoms with Crippen molar-refractivity contribution in [2.24, 2.45) is 17.8 Å². The van der Waals surface area contributed by atoms with Gasteiger partial charge in [0.15, 0.2) is 0 Å². The van der Waals surface area contributed by atoms with Crippen LogP contribution >= 0.6 is 11.6 Å². The fourth-order valence-corrected chi connectivity index (χ4v) is 6.83. The van der Waals surface area contributed by atoms with E-state index in [0.29, 0.717) is 30.4 Å². The highest BCUT2D eigenvalue weighted by molar-refractivity contribution is 7.89. The Kier molecular flexibility index (Phi) is 8.26. The molecule has 0 amide bonds. The molecule has 2 saturated heterocycles. The van der Waals surface area contributed by atoms with E-state index in [1.54, 1.807) is 12.4 Å². The van der Waals surface area contributed by atoms with Gasteiger partial charge in [0.1, 0.15) is 0 Å². The van der Waals surface area contributed by atoms with Crippen LogP contribution in [-0.4, -0.2) is 73.5 Å². The van der Waals surface area contributed by atoms with Crippen molar-refractivity contribution in [1.29, 1.82) is 0 Å². The Morgan fingerprint density at radius 3 is 2.32 bits per heavy atom. The summed E-state index contributed by atoms with van der Waals surface area (Å²) in [6.07, 6.45) is 3.05. The highest BCUT2D eigenvalue weighted by Crippen LogP contribution is 2.50. The first kappa shape index (κ1) is 25.9. The minimum Gasteiger partial charge on any atom is -0.378 e. The molecule has 0 spiro atoms. The summed E-state index contributed by atoms with van der Waals surface area (Å²) in [7, 11) is -3.87. The number of nitrogens with zero attached hydrogens (tertiary/aromatic N) is 4. The van der Waals surface area contributed by atoms with Crippen molar-refractivity contribution >= 4 is 27.6 Å². The van der Waals surface area contributed by atoms with E-state index in [1.807, 2.05) is 0 Å². The molecule has 34 heavy (non-hydrogen) atoms. The number of hydrogen-bond donors (Lipinski definition) is 0. The fourth-order valence-electron chi connectivity index (χ4n) is 5.21. The van der Waals surface area contributed by atoms with E-state index in [4.69, 9.17) is 16.3 Å². The van der Waals surface area contributed by atoms with E-state index < -0.39 is 28.4 Å². The molecular formula is C22H32ClF3N4O3S. The summed E-state index contributed by atoms with van der Waals surface area (Å²) in [5.41, 5.74) is 0. The van der Waals surface area contributed by atoms with Crippen molar-refractivity contribution in [2.45, 2.75) is 57.2 Å². The van der Waals surface area contributed by atoms with Crippen LogP contribution in [0.1, 0.15) is 44.9 Å². The number of piperidine rings is 2. The van der Waals surface area contributed by atoms with E-state index in [-0.39, 0.29) is 19.2 Å². The molecule has 2 aliphatic heterocycles. The SMILES string of the molecule is O=S(=O)(CCC(F)(F)F)N1CCC(OCC[C@@H]2CC2C2CCN(c3ncc(Cl)cn3)CC2)CC1. The topological polar surface area (TPSA) is 75.6 Å². The fraction of sp³-hybridized carbons (Fsp3) is 0.818. The number of aromatic nitrogens is 2. The van der Waals surface area contributed by atoms with Crippen molar-refractivity contribution < 1.29 is 26.3 Å². The Labute approximate surface area is 204 Å². The number of alkyl halides is 3. The number of ether oxygens (including phenoxy) is 1. The Bertz CT molecular complexity index is 903. The second-order valence-corrected chi connectivity index (χ2v) is 12.1. The summed E-state index contributed by atoms with van der Waals surface area (Å²) in [4.78, 5) is 10.8. The summed E-state index contributed by atoms with van der Waals surface area (Å²) in [5, 5.41) is 0.540. The van der Waals surface area contributed by atoms with E-state index in [2.05, 4.69) is 14.9 Å². The van der Waals surface area contributed by atoms with Crippen LogP contribution in [0.5, 0.6) is 0 Å². The molecule has 3 aliphatic rings. The molecule has 1 aliphatic carbocycles. The third-order valence-electron chi connectivity index (χ3n) is 7.29. The van der Waals surface area contributed by atoms with Gasteiger partial charge in [0.2, 0.25) is 16.0 Å². The first-order valence-corrected chi connectivity index (χ1v) is 14.0. The molecule has 12 heteroatoms. The van der Waals surface area contributed by atoms with E-state index in [0.717, 1.165) is 50.1 Å². The first-order valence-electron chi connectivity index (χ1n) is 12.0. The smallest absolute Gasteiger partial charge is 0.378 e. The molecule has 3 fully saturated rings. The zero-order chi connectivity index (χ0) is 24.3. The summed E-state index contributed by atoms with van der Waals surface area (Å²) in [6.45, 7) is 3.02. The lowest BCUT2D eigenvalue weighted by atomic mass is 9.90. The van der Waals surface area contributed by atoms with Gasteiger partial charge in [-0.3, -0.25) is 0 Å². The third-order valence-corrected chi connectivity index (χ3v) is 9.36. The second-order valence-electron chi connectivity index (χ2n) is 9.62. The quantitative estimate of drug-likeness (QED) is 0.483. The highest BCUT2D eigenvalue weighted by Gasteiger charge is 2.43.